The number of carbonyl (C=O) groups is 2. The molecule has 1 saturated heterocycles. The smallest absolute Gasteiger partial charge is 0.387 e. The van der Waals surface area contributed by atoms with Gasteiger partial charge in [-0.05, 0) is 37.0 Å². The lowest BCUT2D eigenvalue weighted by molar-refractivity contribution is -0.138. The number of ether oxygens (including phenoxy) is 1. The standard InChI is InChI=1S/C19H26F2N2O3/c1-13(2)18(25)23-11-8-15(9-12-23)17(24)22-10-7-14-3-5-16(6-4-14)26-19(20)21/h3-6,13,15,19H,7-12H2,1-2H3,(H,22,24). The summed E-state index contributed by atoms with van der Waals surface area (Å²) in [5, 5.41) is 2.92. The highest BCUT2D eigenvalue weighted by atomic mass is 19.3. The van der Waals surface area contributed by atoms with Crippen molar-refractivity contribution < 1.29 is 23.1 Å². The summed E-state index contributed by atoms with van der Waals surface area (Å²) in [6.07, 6.45) is 1.99. The highest BCUT2D eigenvalue weighted by Crippen LogP contribution is 2.19. The van der Waals surface area contributed by atoms with E-state index in [-0.39, 0.29) is 29.4 Å². The second-order valence-corrected chi connectivity index (χ2v) is 6.82. The second kappa shape index (κ2) is 9.50. The summed E-state index contributed by atoms with van der Waals surface area (Å²) in [6.45, 7) is 2.67. The molecule has 5 nitrogen and oxygen atoms in total. The first kappa shape index (κ1) is 20.1. The van der Waals surface area contributed by atoms with Crippen LogP contribution in [0, 0.1) is 11.8 Å². The van der Waals surface area contributed by atoms with Crippen LogP contribution in [0.4, 0.5) is 8.78 Å². The van der Waals surface area contributed by atoms with Crippen LogP contribution in [0.1, 0.15) is 32.3 Å². The number of halogens is 2. The summed E-state index contributed by atoms with van der Waals surface area (Å²) in [6, 6.07) is 6.40. The molecule has 0 bridgehead atoms. The number of piperidine rings is 1. The Balaban J connectivity index is 1.70. The van der Waals surface area contributed by atoms with Gasteiger partial charge in [0.1, 0.15) is 5.75 Å². The number of benzene rings is 1. The SMILES string of the molecule is CC(C)C(=O)N1CCC(C(=O)NCCc2ccc(OC(F)F)cc2)CC1. The number of nitrogens with one attached hydrogen (secondary N) is 1. The molecule has 1 aromatic rings. The number of hydrogen-bond acceptors (Lipinski definition) is 3. The van der Waals surface area contributed by atoms with Crippen LogP contribution in [0.25, 0.3) is 0 Å². The summed E-state index contributed by atoms with van der Waals surface area (Å²) in [5.74, 6) is 0.198. The molecule has 0 aromatic heterocycles. The van der Waals surface area contributed by atoms with Gasteiger partial charge >= 0.3 is 6.61 Å². The monoisotopic (exact) mass is 368 g/mol. The minimum absolute atomic E-state index is 0.0132. The lowest BCUT2D eigenvalue weighted by Crippen LogP contribution is -2.44. The molecule has 0 spiro atoms. The van der Waals surface area contributed by atoms with Gasteiger partial charge in [0.15, 0.2) is 0 Å². The van der Waals surface area contributed by atoms with Crippen LogP contribution in [0.15, 0.2) is 24.3 Å². The molecule has 0 radical (unpaired) electrons. The Bertz CT molecular complexity index is 597. The first-order chi connectivity index (χ1) is 12.4. The van der Waals surface area contributed by atoms with Gasteiger partial charge in [0.25, 0.3) is 0 Å². The molecule has 1 fully saturated rings. The van der Waals surface area contributed by atoms with Crippen molar-refractivity contribution in [1.29, 1.82) is 0 Å². The zero-order valence-electron chi connectivity index (χ0n) is 15.2. The van der Waals surface area contributed by atoms with Crippen LogP contribution < -0.4 is 10.1 Å². The molecule has 1 aliphatic rings. The fourth-order valence-electron chi connectivity index (χ4n) is 3.04. The lowest BCUT2D eigenvalue weighted by atomic mass is 9.95. The molecule has 0 atom stereocenters. The predicted octanol–water partition coefficient (Wildman–Crippen LogP) is 2.84. The Hall–Kier alpha value is -2.18. The minimum Gasteiger partial charge on any atom is -0.435 e. The Kier molecular flexibility index (Phi) is 7.36. The van der Waals surface area contributed by atoms with Crippen molar-refractivity contribution in [2.45, 2.75) is 39.7 Å². The number of amides is 2. The van der Waals surface area contributed by atoms with Crippen LogP contribution in [-0.2, 0) is 16.0 Å². The third-order valence-corrected chi connectivity index (χ3v) is 4.53. The van der Waals surface area contributed by atoms with Crippen molar-refractivity contribution in [3.8, 4) is 5.75 Å². The maximum Gasteiger partial charge on any atom is 0.387 e. The minimum atomic E-state index is -2.83. The number of carbonyl (C=O) groups excluding carboxylic acids is 2. The quantitative estimate of drug-likeness (QED) is 0.805. The molecule has 7 heteroatoms. The average molecular weight is 368 g/mol. The van der Waals surface area contributed by atoms with E-state index in [0.717, 1.165) is 5.56 Å². The summed E-state index contributed by atoms with van der Waals surface area (Å²) in [5.41, 5.74) is 0.935. The van der Waals surface area contributed by atoms with Crippen molar-refractivity contribution >= 4 is 11.8 Å². The summed E-state index contributed by atoms with van der Waals surface area (Å²) < 4.78 is 28.5. The molecule has 144 valence electrons. The molecular weight excluding hydrogens is 342 g/mol. The molecule has 1 aromatic carbocycles. The third kappa shape index (κ3) is 5.97. The van der Waals surface area contributed by atoms with Gasteiger partial charge in [-0.3, -0.25) is 9.59 Å². The molecule has 1 aliphatic heterocycles. The molecule has 1 N–H and O–H groups in total. The Morgan fingerprint density at radius 3 is 2.35 bits per heavy atom. The van der Waals surface area contributed by atoms with Gasteiger partial charge in [-0.15, -0.1) is 0 Å². The maximum absolute atomic E-state index is 12.3. The highest BCUT2D eigenvalue weighted by molar-refractivity contribution is 5.80. The topological polar surface area (TPSA) is 58.6 Å². The highest BCUT2D eigenvalue weighted by Gasteiger charge is 2.27. The zero-order chi connectivity index (χ0) is 19.1. The van der Waals surface area contributed by atoms with E-state index >= 15 is 0 Å². The molecule has 0 aliphatic carbocycles. The van der Waals surface area contributed by atoms with Gasteiger partial charge in [0.2, 0.25) is 11.8 Å². The molecular formula is C19H26F2N2O3. The molecule has 0 unspecified atom stereocenters. The van der Waals surface area contributed by atoms with E-state index in [4.69, 9.17) is 0 Å². The normalized spacial score (nSPS) is 15.4. The van der Waals surface area contributed by atoms with Crippen LogP contribution in [0.2, 0.25) is 0 Å². The fraction of sp³-hybridized carbons (Fsp3) is 0.579. The fourth-order valence-corrected chi connectivity index (χ4v) is 3.04. The first-order valence-electron chi connectivity index (χ1n) is 8.97. The van der Waals surface area contributed by atoms with E-state index < -0.39 is 6.61 Å². The number of likely N-dealkylation sites (tertiary alicyclic amines) is 1. The number of alkyl halides is 2. The molecule has 2 rings (SSSR count). The lowest BCUT2D eigenvalue weighted by Gasteiger charge is -2.32. The van der Waals surface area contributed by atoms with Gasteiger partial charge in [-0.1, -0.05) is 26.0 Å². The molecule has 2 amide bonds. The number of nitrogens with zero attached hydrogens (tertiary/aromatic N) is 1. The Labute approximate surface area is 152 Å². The van der Waals surface area contributed by atoms with E-state index in [1.807, 2.05) is 18.7 Å². The average Bonchev–Trinajstić information content (AvgIpc) is 2.62. The largest absolute Gasteiger partial charge is 0.435 e. The van der Waals surface area contributed by atoms with Gasteiger partial charge < -0.3 is 15.0 Å². The van der Waals surface area contributed by atoms with Gasteiger partial charge in [-0.2, -0.15) is 8.78 Å². The summed E-state index contributed by atoms with van der Waals surface area (Å²) in [7, 11) is 0. The first-order valence-corrected chi connectivity index (χ1v) is 8.97. The molecule has 26 heavy (non-hydrogen) atoms. The van der Waals surface area contributed by atoms with E-state index in [0.29, 0.717) is 38.9 Å². The molecule has 0 saturated carbocycles. The second-order valence-electron chi connectivity index (χ2n) is 6.82. The number of rotatable bonds is 7. The van der Waals surface area contributed by atoms with Gasteiger partial charge in [0, 0.05) is 31.5 Å². The third-order valence-electron chi connectivity index (χ3n) is 4.53. The number of hydrogen-bond donors (Lipinski definition) is 1. The Morgan fingerprint density at radius 1 is 1.19 bits per heavy atom. The van der Waals surface area contributed by atoms with Crippen molar-refractivity contribution in [3.63, 3.8) is 0 Å². The van der Waals surface area contributed by atoms with Crippen molar-refractivity contribution in [3.05, 3.63) is 29.8 Å². The van der Waals surface area contributed by atoms with Crippen molar-refractivity contribution in [1.82, 2.24) is 10.2 Å². The van der Waals surface area contributed by atoms with E-state index in [2.05, 4.69) is 10.1 Å². The van der Waals surface area contributed by atoms with E-state index in [1.54, 1.807) is 12.1 Å². The maximum atomic E-state index is 12.3. The summed E-state index contributed by atoms with van der Waals surface area (Å²) >= 11 is 0. The zero-order valence-corrected chi connectivity index (χ0v) is 15.2. The van der Waals surface area contributed by atoms with Crippen LogP contribution in [0.3, 0.4) is 0 Å². The van der Waals surface area contributed by atoms with E-state index in [9.17, 15) is 18.4 Å². The summed E-state index contributed by atoms with van der Waals surface area (Å²) in [4.78, 5) is 26.0. The van der Waals surface area contributed by atoms with Gasteiger partial charge in [0.05, 0.1) is 0 Å². The Morgan fingerprint density at radius 2 is 1.81 bits per heavy atom. The van der Waals surface area contributed by atoms with Crippen molar-refractivity contribution in [2.75, 3.05) is 19.6 Å². The predicted molar refractivity (Wildman–Crippen MR) is 93.9 cm³/mol. The van der Waals surface area contributed by atoms with Crippen molar-refractivity contribution in [2.24, 2.45) is 11.8 Å². The van der Waals surface area contributed by atoms with Crippen LogP contribution in [-0.4, -0.2) is 43.0 Å². The van der Waals surface area contributed by atoms with E-state index in [1.165, 1.54) is 12.1 Å². The van der Waals surface area contributed by atoms with Crippen LogP contribution in [0.5, 0.6) is 5.75 Å². The van der Waals surface area contributed by atoms with Gasteiger partial charge in [-0.25, -0.2) is 0 Å². The molecule has 1 heterocycles. The van der Waals surface area contributed by atoms with Crippen LogP contribution >= 0.6 is 0 Å².